The molecule has 0 spiro atoms. The van der Waals surface area contributed by atoms with Crippen molar-refractivity contribution in [1.82, 2.24) is 0 Å². The van der Waals surface area contributed by atoms with Gasteiger partial charge in [0.15, 0.2) is 6.29 Å². The lowest BCUT2D eigenvalue weighted by Crippen LogP contribution is -2.50. The third kappa shape index (κ3) is 3.63. The zero-order valence-electron chi connectivity index (χ0n) is 8.77. The zero-order chi connectivity index (χ0) is 12.1. The van der Waals surface area contributed by atoms with Crippen LogP contribution in [-0.2, 0) is 9.47 Å². The topological polar surface area (TPSA) is 120 Å². The predicted octanol–water partition coefficient (Wildman–Crippen LogP) is -2.81. The first-order valence-electron chi connectivity index (χ1n) is 5.11. The summed E-state index contributed by atoms with van der Waals surface area (Å²) in [4.78, 5) is 0. The molecule has 0 aromatic heterocycles. The molecule has 0 aliphatic carbocycles. The predicted molar refractivity (Wildman–Crippen MR) is 51.4 cm³/mol. The smallest absolute Gasteiger partial charge is 0.160 e. The van der Waals surface area contributed by atoms with Gasteiger partial charge in [0.25, 0.3) is 0 Å². The van der Waals surface area contributed by atoms with Gasteiger partial charge >= 0.3 is 0 Å². The summed E-state index contributed by atoms with van der Waals surface area (Å²) in [5.41, 5.74) is 0. The Balaban J connectivity index is 2.38. The van der Waals surface area contributed by atoms with E-state index in [2.05, 4.69) is 0 Å². The maximum Gasteiger partial charge on any atom is 0.160 e. The number of aliphatic hydroxyl groups excluding tert-OH is 5. The van der Waals surface area contributed by atoms with Crippen LogP contribution in [0.2, 0.25) is 0 Å². The molecular formula is C9H18O7. The van der Waals surface area contributed by atoms with Crippen molar-refractivity contribution in [2.45, 2.75) is 37.1 Å². The van der Waals surface area contributed by atoms with Crippen molar-refractivity contribution in [3.63, 3.8) is 0 Å². The minimum absolute atomic E-state index is 0.0514. The molecule has 96 valence electrons. The van der Waals surface area contributed by atoms with Gasteiger partial charge in [0.2, 0.25) is 0 Å². The van der Waals surface area contributed by atoms with Crippen LogP contribution in [0.5, 0.6) is 0 Å². The Kier molecular flexibility index (Phi) is 5.56. The molecule has 0 bridgehead atoms. The average molecular weight is 238 g/mol. The molecule has 5 atom stereocenters. The molecule has 1 fully saturated rings. The number of hydrogen-bond donors (Lipinski definition) is 5. The van der Waals surface area contributed by atoms with Crippen molar-refractivity contribution in [3.8, 4) is 0 Å². The molecule has 16 heavy (non-hydrogen) atoms. The van der Waals surface area contributed by atoms with Crippen LogP contribution < -0.4 is 0 Å². The quantitative estimate of drug-likeness (QED) is 0.350. The van der Waals surface area contributed by atoms with Crippen LogP contribution in [0.15, 0.2) is 0 Å². The van der Waals surface area contributed by atoms with Gasteiger partial charge in [-0.1, -0.05) is 0 Å². The van der Waals surface area contributed by atoms with Crippen LogP contribution in [-0.4, -0.2) is 76.1 Å². The van der Waals surface area contributed by atoms with E-state index in [4.69, 9.17) is 24.8 Å². The van der Waals surface area contributed by atoms with E-state index in [1.807, 2.05) is 0 Å². The van der Waals surface area contributed by atoms with E-state index in [0.29, 0.717) is 0 Å². The van der Waals surface area contributed by atoms with E-state index < -0.39 is 43.9 Å². The van der Waals surface area contributed by atoms with E-state index in [1.54, 1.807) is 0 Å². The van der Waals surface area contributed by atoms with Crippen molar-refractivity contribution in [2.75, 3.05) is 19.8 Å². The third-order valence-corrected chi connectivity index (χ3v) is 2.40. The van der Waals surface area contributed by atoms with Crippen molar-refractivity contribution in [3.05, 3.63) is 0 Å². The maximum absolute atomic E-state index is 9.44. The van der Waals surface area contributed by atoms with Crippen LogP contribution in [0.1, 0.15) is 6.42 Å². The maximum atomic E-state index is 9.44. The van der Waals surface area contributed by atoms with Gasteiger partial charge in [-0.05, 0) is 0 Å². The van der Waals surface area contributed by atoms with Crippen LogP contribution in [0.3, 0.4) is 0 Å². The summed E-state index contributed by atoms with van der Waals surface area (Å²) in [5.74, 6) is 0. The lowest BCUT2D eigenvalue weighted by atomic mass is 10.0. The first kappa shape index (κ1) is 13.8. The summed E-state index contributed by atoms with van der Waals surface area (Å²) in [5, 5.41) is 45.3. The van der Waals surface area contributed by atoms with Gasteiger partial charge in [-0.25, -0.2) is 0 Å². The minimum Gasteiger partial charge on any atom is -0.394 e. The van der Waals surface area contributed by atoms with Crippen molar-refractivity contribution >= 4 is 0 Å². The Morgan fingerprint density at radius 1 is 1.31 bits per heavy atom. The van der Waals surface area contributed by atoms with E-state index in [-0.39, 0.29) is 13.0 Å². The number of rotatable bonds is 5. The molecule has 0 saturated carbocycles. The second kappa shape index (κ2) is 6.45. The Hall–Kier alpha value is -0.280. The molecule has 1 saturated heterocycles. The molecule has 1 aliphatic heterocycles. The summed E-state index contributed by atoms with van der Waals surface area (Å²) in [7, 11) is 0. The van der Waals surface area contributed by atoms with Gasteiger partial charge in [0.05, 0.1) is 25.9 Å². The summed E-state index contributed by atoms with van der Waals surface area (Å²) in [6.45, 7) is -0.996. The van der Waals surface area contributed by atoms with Crippen molar-refractivity contribution in [1.29, 1.82) is 0 Å². The highest BCUT2D eigenvalue weighted by Crippen LogP contribution is 2.21. The molecule has 0 aromatic rings. The Morgan fingerprint density at radius 2 is 2.00 bits per heavy atom. The fraction of sp³-hybridized carbons (Fsp3) is 1.00. The molecule has 1 rings (SSSR count). The second-order valence-corrected chi connectivity index (χ2v) is 3.75. The number of aliphatic hydroxyl groups is 5. The van der Waals surface area contributed by atoms with Crippen LogP contribution in [0.25, 0.3) is 0 Å². The fourth-order valence-corrected chi connectivity index (χ4v) is 1.44. The van der Waals surface area contributed by atoms with Gasteiger partial charge in [-0.2, -0.15) is 0 Å². The molecule has 5 N–H and O–H groups in total. The van der Waals surface area contributed by atoms with E-state index in [9.17, 15) is 10.2 Å². The standard InChI is InChI=1S/C9H18O7/c10-2-5(12)4-15-8-1-6(13)9(14)7(3-11)16-8/h5-14H,1-4H2/t5?,6?,7?,8-,9+/m1/s1. The van der Waals surface area contributed by atoms with Crippen LogP contribution >= 0.6 is 0 Å². The summed E-state index contributed by atoms with van der Waals surface area (Å²) >= 11 is 0. The SMILES string of the molecule is OCC(O)CO[C@H]1CC(O)[C@H](O)C(CO)O1. The lowest BCUT2D eigenvalue weighted by Gasteiger charge is -2.36. The first-order valence-corrected chi connectivity index (χ1v) is 5.11. The summed E-state index contributed by atoms with van der Waals surface area (Å²) in [6.07, 6.45) is -4.86. The molecule has 7 heteroatoms. The minimum atomic E-state index is -1.15. The normalized spacial score (nSPS) is 37.3. The van der Waals surface area contributed by atoms with Crippen molar-refractivity contribution in [2.24, 2.45) is 0 Å². The highest BCUT2D eigenvalue weighted by atomic mass is 16.7. The second-order valence-electron chi connectivity index (χ2n) is 3.75. The molecule has 1 aliphatic rings. The van der Waals surface area contributed by atoms with E-state index >= 15 is 0 Å². The molecule has 1 heterocycles. The monoisotopic (exact) mass is 238 g/mol. The van der Waals surface area contributed by atoms with Crippen molar-refractivity contribution < 1.29 is 35.0 Å². The summed E-state index contributed by atoms with van der Waals surface area (Å²) in [6, 6.07) is 0. The first-order chi connectivity index (χ1) is 7.58. The Bertz CT molecular complexity index is 200. The van der Waals surface area contributed by atoms with Gasteiger partial charge in [0.1, 0.15) is 18.3 Å². The molecule has 0 amide bonds. The van der Waals surface area contributed by atoms with E-state index in [1.165, 1.54) is 0 Å². The van der Waals surface area contributed by atoms with Gasteiger partial charge in [-0.3, -0.25) is 0 Å². The third-order valence-electron chi connectivity index (χ3n) is 2.40. The largest absolute Gasteiger partial charge is 0.394 e. The van der Waals surface area contributed by atoms with Gasteiger partial charge in [-0.15, -0.1) is 0 Å². The average Bonchev–Trinajstić information content (AvgIpc) is 2.29. The van der Waals surface area contributed by atoms with E-state index in [0.717, 1.165) is 0 Å². The van der Waals surface area contributed by atoms with Crippen LogP contribution in [0.4, 0.5) is 0 Å². The Labute approximate surface area is 92.9 Å². The Morgan fingerprint density at radius 3 is 2.56 bits per heavy atom. The number of ether oxygens (including phenoxy) is 2. The molecule has 7 nitrogen and oxygen atoms in total. The molecule has 0 aromatic carbocycles. The lowest BCUT2D eigenvalue weighted by molar-refractivity contribution is -0.262. The molecule has 3 unspecified atom stereocenters. The fourth-order valence-electron chi connectivity index (χ4n) is 1.44. The molecule has 0 radical (unpaired) electrons. The highest BCUT2D eigenvalue weighted by Gasteiger charge is 2.36. The van der Waals surface area contributed by atoms with Crippen LogP contribution in [0, 0.1) is 0 Å². The van der Waals surface area contributed by atoms with Gasteiger partial charge in [0, 0.05) is 6.42 Å². The highest BCUT2D eigenvalue weighted by molar-refractivity contribution is 4.82. The van der Waals surface area contributed by atoms with Gasteiger partial charge < -0.3 is 35.0 Å². The summed E-state index contributed by atoms with van der Waals surface area (Å²) < 4.78 is 10.2. The zero-order valence-corrected chi connectivity index (χ0v) is 8.77. The molecular weight excluding hydrogens is 220 g/mol. The number of hydrogen-bond acceptors (Lipinski definition) is 7.